The van der Waals surface area contributed by atoms with E-state index in [2.05, 4.69) is 31.2 Å². The van der Waals surface area contributed by atoms with Crippen LogP contribution in [-0.4, -0.2) is 23.0 Å². The van der Waals surface area contributed by atoms with Crippen LogP contribution in [0.1, 0.15) is 37.3 Å². The minimum Gasteiger partial charge on any atom is -0.548 e. The third kappa shape index (κ3) is 3.63. The predicted octanol–water partition coefficient (Wildman–Crippen LogP) is -1.51. The summed E-state index contributed by atoms with van der Waals surface area (Å²) in [6, 6.07) is 8.27. The number of carboxylic acid groups (broad SMARTS) is 1. The number of benzene rings is 1. The summed E-state index contributed by atoms with van der Waals surface area (Å²) in [4.78, 5) is 13.4. The first-order valence-corrected chi connectivity index (χ1v) is 6.54. The first-order chi connectivity index (χ1) is 8.52. The molecular formula is C15H20LiNO2. The van der Waals surface area contributed by atoms with E-state index in [1.165, 1.54) is 5.56 Å². The number of carbonyl (C=O) groups excluding carboxylic acids is 1. The number of hydrogen-bond acceptors (Lipinski definition) is 3. The maximum atomic E-state index is 11.4. The molecule has 1 fully saturated rings. The Labute approximate surface area is 127 Å². The Hall–Kier alpha value is -0.753. The van der Waals surface area contributed by atoms with Gasteiger partial charge in [-0.3, -0.25) is 4.90 Å². The summed E-state index contributed by atoms with van der Waals surface area (Å²) in [5, 5.41) is 11.4. The number of aliphatic carboxylic acids is 1. The number of piperidine rings is 1. The third-order valence-corrected chi connectivity index (χ3v) is 3.97. The van der Waals surface area contributed by atoms with Crippen LogP contribution in [0.15, 0.2) is 24.3 Å². The fourth-order valence-corrected chi connectivity index (χ4v) is 2.58. The number of aryl methyl sites for hydroxylation is 1. The Morgan fingerprint density at radius 2 is 1.95 bits per heavy atom. The van der Waals surface area contributed by atoms with Crippen molar-refractivity contribution in [3.05, 3.63) is 35.4 Å². The molecule has 19 heavy (non-hydrogen) atoms. The normalized spacial score (nSPS) is 23.7. The Morgan fingerprint density at radius 3 is 2.53 bits per heavy atom. The quantitative estimate of drug-likeness (QED) is 0.615. The van der Waals surface area contributed by atoms with Crippen LogP contribution in [0.5, 0.6) is 0 Å². The molecule has 1 aliphatic rings. The third-order valence-electron chi connectivity index (χ3n) is 3.97. The molecule has 0 aliphatic carbocycles. The van der Waals surface area contributed by atoms with Gasteiger partial charge in [-0.05, 0) is 45.2 Å². The van der Waals surface area contributed by atoms with Crippen LogP contribution in [-0.2, 0) is 11.3 Å². The molecule has 0 radical (unpaired) electrons. The summed E-state index contributed by atoms with van der Waals surface area (Å²) in [6.07, 6.45) is 2.71. The van der Waals surface area contributed by atoms with Crippen molar-refractivity contribution < 1.29 is 28.8 Å². The van der Waals surface area contributed by atoms with Crippen LogP contribution in [0.25, 0.3) is 0 Å². The van der Waals surface area contributed by atoms with Crippen LogP contribution in [0.4, 0.5) is 0 Å². The number of nitrogens with zero attached hydrogens (tertiary/aromatic N) is 1. The molecule has 0 unspecified atom stereocenters. The van der Waals surface area contributed by atoms with Crippen LogP contribution in [0, 0.1) is 6.92 Å². The summed E-state index contributed by atoms with van der Waals surface area (Å²) in [5.41, 5.74) is 1.57. The second-order valence-corrected chi connectivity index (χ2v) is 5.43. The second kappa shape index (κ2) is 6.61. The first kappa shape index (κ1) is 16.3. The predicted molar refractivity (Wildman–Crippen MR) is 68.9 cm³/mol. The van der Waals surface area contributed by atoms with Crippen LogP contribution in [0.2, 0.25) is 0 Å². The number of carboxylic acids is 1. The van der Waals surface area contributed by atoms with Gasteiger partial charge in [0.15, 0.2) is 0 Å². The van der Waals surface area contributed by atoms with E-state index in [1.54, 1.807) is 6.92 Å². The van der Waals surface area contributed by atoms with Gasteiger partial charge < -0.3 is 9.90 Å². The van der Waals surface area contributed by atoms with Gasteiger partial charge in [0.25, 0.3) is 0 Å². The second-order valence-electron chi connectivity index (χ2n) is 5.43. The van der Waals surface area contributed by atoms with Gasteiger partial charge in [-0.15, -0.1) is 0 Å². The summed E-state index contributed by atoms with van der Waals surface area (Å²) in [6.45, 7) is 5.36. The van der Waals surface area contributed by atoms with E-state index in [-0.39, 0.29) is 18.9 Å². The molecule has 0 amide bonds. The van der Waals surface area contributed by atoms with Gasteiger partial charge in [-0.2, -0.15) is 0 Å². The first-order valence-electron chi connectivity index (χ1n) is 6.54. The number of likely N-dealkylation sites (tertiary alicyclic amines) is 1. The van der Waals surface area contributed by atoms with Crippen molar-refractivity contribution >= 4 is 5.97 Å². The molecule has 1 saturated heterocycles. The molecule has 1 aliphatic heterocycles. The van der Waals surface area contributed by atoms with Gasteiger partial charge in [-0.1, -0.05) is 29.8 Å². The fourth-order valence-electron chi connectivity index (χ4n) is 2.58. The van der Waals surface area contributed by atoms with Gasteiger partial charge in [0.1, 0.15) is 0 Å². The largest absolute Gasteiger partial charge is 1.00 e. The molecule has 1 atom stereocenters. The molecule has 2 rings (SSSR count). The molecular weight excluding hydrogens is 233 g/mol. The van der Waals surface area contributed by atoms with Crippen molar-refractivity contribution in [2.24, 2.45) is 0 Å². The monoisotopic (exact) mass is 253 g/mol. The molecule has 0 aromatic heterocycles. The fraction of sp³-hybridized carbons (Fsp3) is 0.533. The average molecular weight is 253 g/mol. The molecule has 0 spiro atoms. The molecule has 0 bridgehead atoms. The van der Waals surface area contributed by atoms with Gasteiger partial charge in [0.2, 0.25) is 0 Å². The molecule has 4 heteroatoms. The van der Waals surface area contributed by atoms with Crippen LogP contribution >= 0.6 is 0 Å². The van der Waals surface area contributed by atoms with E-state index in [1.807, 2.05) is 4.90 Å². The van der Waals surface area contributed by atoms with Gasteiger partial charge >= 0.3 is 18.9 Å². The number of rotatable bonds is 3. The van der Waals surface area contributed by atoms with Crippen molar-refractivity contribution in [1.82, 2.24) is 4.90 Å². The SMILES string of the molecule is Cc1ccc(CN2CCCC[C@]2(C)C(=O)[O-])cc1.[Li+]. The maximum absolute atomic E-state index is 11.4. The van der Waals surface area contributed by atoms with Crippen LogP contribution in [0.3, 0.4) is 0 Å². The molecule has 0 saturated carbocycles. The van der Waals surface area contributed by atoms with Crippen LogP contribution < -0.4 is 24.0 Å². The van der Waals surface area contributed by atoms with Gasteiger partial charge in [-0.25, -0.2) is 0 Å². The van der Waals surface area contributed by atoms with Gasteiger partial charge in [0.05, 0.1) is 11.5 Å². The van der Waals surface area contributed by atoms with Crippen molar-refractivity contribution in [3.8, 4) is 0 Å². The zero-order valence-corrected chi connectivity index (χ0v) is 12.1. The Balaban J connectivity index is 0.00000180. The number of carbonyl (C=O) groups is 1. The standard InChI is InChI=1S/C15H21NO2.Li/c1-12-5-7-13(8-6-12)11-16-10-4-3-9-15(16,2)14(17)18;/h5-8H,3-4,9-11H2,1-2H3,(H,17,18);/q;+1/p-1/t15-;/m1./s1. The van der Waals surface area contributed by atoms with E-state index in [0.717, 1.165) is 24.9 Å². The Kier molecular flexibility index (Phi) is 5.67. The summed E-state index contributed by atoms with van der Waals surface area (Å²) in [5.74, 6) is -0.950. The average Bonchev–Trinajstić information content (AvgIpc) is 2.35. The topological polar surface area (TPSA) is 43.4 Å². The molecule has 3 nitrogen and oxygen atoms in total. The van der Waals surface area contributed by atoms with E-state index in [9.17, 15) is 9.90 Å². The summed E-state index contributed by atoms with van der Waals surface area (Å²) in [7, 11) is 0. The molecule has 98 valence electrons. The van der Waals surface area contributed by atoms with E-state index < -0.39 is 11.5 Å². The maximum Gasteiger partial charge on any atom is 1.00 e. The number of hydrogen-bond donors (Lipinski definition) is 0. The Morgan fingerprint density at radius 1 is 1.32 bits per heavy atom. The molecule has 1 aromatic rings. The van der Waals surface area contributed by atoms with E-state index >= 15 is 0 Å². The van der Waals surface area contributed by atoms with Crippen molar-refractivity contribution in [3.63, 3.8) is 0 Å². The summed E-state index contributed by atoms with van der Waals surface area (Å²) < 4.78 is 0. The van der Waals surface area contributed by atoms with Crippen molar-refractivity contribution in [1.29, 1.82) is 0 Å². The van der Waals surface area contributed by atoms with E-state index in [0.29, 0.717) is 13.0 Å². The minimum atomic E-state index is -0.950. The molecule has 0 N–H and O–H groups in total. The zero-order chi connectivity index (χ0) is 13.2. The molecule has 1 heterocycles. The smallest absolute Gasteiger partial charge is 0.548 e. The van der Waals surface area contributed by atoms with Gasteiger partial charge in [0, 0.05) is 6.54 Å². The zero-order valence-electron chi connectivity index (χ0n) is 12.1. The van der Waals surface area contributed by atoms with E-state index in [4.69, 9.17) is 0 Å². The Bertz CT molecular complexity index is 432. The van der Waals surface area contributed by atoms with Crippen molar-refractivity contribution in [2.75, 3.05) is 6.54 Å². The minimum absolute atomic E-state index is 0. The summed E-state index contributed by atoms with van der Waals surface area (Å²) >= 11 is 0. The van der Waals surface area contributed by atoms with Crippen molar-refractivity contribution in [2.45, 2.75) is 45.2 Å². The molecule has 1 aromatic carbocycles.